The van der Waals surface area contributed by atoms with E-state index >= 15 is 0 Å². The van der Waals surface area contributed by atoms with Gasteiger partial charge in [0.2, 0.25) is 0 Å². The van der Waals surface area contributed by atoms with Crippen molar-refractivity contribution in [2.75, 3.05) is 41.7 Å². The lowest BCUT2D eigenvalue weighted by Gasteiger charge is -2.09. The zero-order valence-electron chi connectivity index (χ0n) is 22.5. The van der Waals surface area contributed by atoms with Crippen molar-refractivity contribution in [2.24, 2.45) is 10.2 Å². The van der Waals surface area contributed by atoms with E-state index in [-0.39, 0.29) is 13.2 Å². The summed E-state index contributed by atoms with van der Waals surface area (Å²) >= 11 is 0. The molecule has 0 unspecified atom stereocenters. The van der Waals surface area contributed by atoms with E-state index in [0.717, 1.165) is 0 Å². The van der Waals surface area contributed by atoms with Gasteiger partial charge in [-0.25, -0.2) is 10.9 Å². The maximum Gasteiger partial charge on any atom is 0.277 e. The van der Waals surface area contributed by atoms with Crippen LogP contribution in [0, 0.1) is 0 Å². The maximum absolute atomic E-state index is 12.1. The van der Waals surface area contributed by atoms with E-state index in [1.165, 1.54) is 12.4 Å². The number of rotatable bonds is 14. The van der Waals surface area contributed by atoms with Crippen LogP contribution in [0.15, 0.2) is 70.9 Å². The second-order valence-corrected chi connectivity index (χ2v) is 7.93. The summed E-state index contributed by atoms with van der Waals surface area (Å²) in [6.45, 7) is -0.570. The Morgan fingerprint density at radius 2 is 0.950 bits per heavy atom. The molecule has 0 spiro atoms. The minimum absolute atomic E-state index is 0.285. The first-order valence-electron chi connectivity index (χ1n) is 11.9. The van der Waals surface area contributed by atoms with Crippen LogP contribution in [-0.4, -0.2) is 65.9 Å². The Bertz CT molecular complexity index is 1220. The Balaban J connectivity index is 1.43. The van der Waals surface area contributed by atoms with Crippen molar-refractivity contribution in [3.63, 3.8) is 0 Å². The molecule has 2 amide bonds. The summed E-state index contributed by atoms with van der Waals surface area (Å²) in [6, 6.07) is 16.9. The molecule has 40 heavy (non-hydrogen) atoms. The number of carbonyl (C=O) groups is 2. The van der Waals surface area contributed by atoms with Crippen LogP contribution < -0.4 is 39.3 Å². The summed E-state index contributed by atoms with van der Waals surface area (Å²) in [4.78, 5) is 24.2. The van der Waals surface area contributed by atoms with Crippen LogP contribution in [-0.2, 0) is 9.59 Å². The van der Waals surface area contributed by atoms with Gasteiger partial charge in [-0.2, -0.15) is 10.2 Å². The lowest BCUT2D eigenvalue weighted by Crippen LogP contribution is -2.25. The zero-order valence-corrected chi connectivity index (χ0v) is 22.5. The van der Waals surface area contributed by atoms with Gasteiger partial charge >= 0.3 is 0 Å². The number of methoxy groups -OCH3 is 4. The third kappa shape index (κ3) is 9.56. The van der Waals surface area contributed by atoms with Gasteiger partial charge in [0, 0.05) is 29.3 Å². The Hall–Kier alpha value is -5.26. The summed E-state index contributed by atoms with van der Waals surface area (Å²) in [5.41, 5.74) is 6.13. The van der Waals surface area contributed by atoms with E-state index in [2.05, 4.69) is 21.1 Å². The first-order chi connectivity index (χ1) is 19.4. The molecule has 3 aromatic rings. The highest BCUT2D eigenvalue weighted by molar-refractivity contribution is 5.84. The molecule has 12 heteroatoms. The Kier molecular flexibility index (Phi) is 11.2. The Morgan fingerprint density at radius 1 is 0.600 bits per heavy atom. The number of nitrogens with zero attached hydrogens (tertiary/aromatic N) is 2. The fourth-order valence-electron chi connectivity index (χ4n) is 3.18. The number of benzene rings is 3. The van der Waals surface area contributed by atoms with Crippen molar-refractivity contribution in [3.8, 4) is 34.5 Å². The van der Waals surface area contributed by atoms with Crippen LogP contribution in [0.1, 0.15) is 11.1 Å². The summed E-state index contributed by atoms with van der Waals surface area (Å²) in [5, 5.41) is 7.85. The van der Waals surface area contributed by atoms with Crippen LogP contribution in [0.25, 0.3) is 0 Å². The Labute approximate surface area is 231 Å². The molecular weight excluding hydrogens is 520 g/mol. The molecule has 0 aromatic heterocycles. The molecule has 0 atom stereocenters. The van der Waals surface area contributed by atoms with Gasteiger partial charge in [0.1, 0.15) is 34.5 Å². The fraction of sp³-hybridized carbons (Fsp3) is 0.214. The lowest BCUT2D eigenvalue weighted by atomic mass is 10.2. The molecule has 0 aliphatic carbocycles. The number of nitrogens with one attached hydrogen (secondary N) is 2. The molecule has 0 saturated carbocycles. The molecular formula is C28H30N4O8. The van der Waals surface area contributed by atoms with Gasteiger partial charge in [0.15, 0.2) is 13.2 Å². The van der Waals surface area contributed by atoms with Gasteiger partial charge in [-0.15, -0.1) is 0 Å². The average Bonchev–Trinajstić information content (AvgIpc) is 2.98. The molecule has 0 bridgehead atoms. The SMILES string of the molecule is COc1cc(C=NNC(=O)COc2cccc(OCC(=O)NN=Cc3cc(OC)cc(OC)c3)c2)cc(OC)c1. The largest absolute Gasteiger partial charge is 0.497 e. The van der Waals surface area contributed by atoms with Crippen LogP contribution in [0.3, 0.4) is 0 Å². The number of amides is 2. The number of hydrogen-bond donors (Lipinski definition) is 2. The molecule has 0 radical (unpaired) electrons. The lowest BCUT2D eigenvalue weighted by molar-refractivity contribution is -0.123. The van der Waals surface area contributed by atoms with Crippen molar-refractivity contribution in [1.82, 2.24) is 10.9 Å². The number of carbonyl (C=O) groups excluding carboxylic acids is 2. The van der Waals surface area contributed by atoms with Gasteiger partial charge in [-0.1, -0.05) is 6.07 Å². The highest BCUT2D eigenvalue weighted by atomic mass is 16.5. The van der Waals surface area contributed by atoms with E-state index in [4.69, 9.17) is 28.4 Å². The molecule has 0 fully saturated rings. The van der Waals surface area contributed by atoms with E-state index in [9.17, 15) is 9.59 Å². The van der Waals surface area contributed by atoms with Crippen molar-refractivity contribution in [2.45, 2.75) is 0 Å². The predicted molar refractivity (Wildman–Crippen MR) is 148 cm³/mol. The molecule has 3 aromatic carbocycles. The van der Waals surface area contributed by atoms with E-state index in [1.807, 2.05) is 0 Å². The molecule has 0 saturated heterocycles. The zero-order chi connectivity index (χ0) is 28.7. The van der Waals surface area contributed by atoms with E-state index in [1.54, 1.807) is 89.1 Å². The van der Waals surface area contributed by atoms with Gasteiger partial charge in [0.25, 0.3) is 11.8 Å². The van der Waals surface area contributed by atoms with E-state index < -0.39 is 11.8 Å². The molecule has 3 rings (SSSR count). The molecule has 210 valence electrons. The fourth-order valence-corrected chi connectivity index (χ4v) is 3.18. The topological polar surface area (TPSA) is 138 Å². The van der Waals surface area contributed by atoms with Gasteiger partial charge in [-0.05, 0) is 36.4 Å². The molecule has 0 aliphatic rings. The number of hydrogen-bond acceptors (Lipinski definition) is 10. The highest BCUT2D eigenvalue weighted by Crippen LogP contribution is 2.22. The van der Waals surface area contributed by atoms with Crippen LogP contribution in [0.2, 0.25) is 0 Å². The van der Waals surface area contributed by atoms with Crippen molar-refractivity contribution in [3.05, 3.63) is 71.8 Å². The third-order valence-corrected chi connectivity index (χ3v) is 5.10. The summed E-state index contributed by atoms with van der Waals surface area (Å²) in [7, 11) is 6.17. The second-order valence-electron chi connectivity index (χ2n) is 7.93. The van der Waals surface area contributed by atoms with Gasteiger partial charge in [-0.3, -0.25) is 9.59 Å². The smallest absolute Gasteiger partial charge is 0.277 e. The van der Waals surface area contributed by atoms with Crippen molar-refractivity contribution >= 4 is 24.2 Å². The second kappa shape index (κ2) is 15.2. The van der Waals surface area contributed by atoms with Crippen LogP contribution >= 0.6 is 0 Å². The first kappa shape index (κ1) is 29.3. The first-order valence-corrected chi connectivity index (χ1v) is 11.9. The molecule has 0 aliphatic heterocycles. The predicted octanol–water partition coefficient (Wildman–Crippen LogP) is 2.78. The summed E-state index contributed by atoms with van der Waals surface area (Å²) in [5.74, 6) is 2.19. The van der Waals surface area contributed by atoms with Crippen LogP contribution in [0.5, 0.6) is 34.5 Å². The molecule has 2 N–H and O–H groups in total. The molecule has 12 nitrogen and oxygen atoms in total. The normalized spacial score (nSPS) is 10.7. The maximum atomic E-state index is 12.1. The Morgan fingerprint density at radius 3 is 1.30 bits per heavy atom. The molecule has 0 heterocycles. The number of ether oxygens (including phenoxy) is 6. The monoisotopic (exact) mass is 550 g/mol. The van der Waals surface area contributed by atoms with Gasteiger partial charge in [0.05, 0.1) is 40.9 Å². The standard InChI is InChI=1S/C28H30N4O8/c1-35-23-8-19(9-24(13-23)36-2)15-29-31-27(33)17-39-21-6-5-7-22(12-21)40-18-28(34)32-30-16-20-10-25(37-3)14-26(11-20)38-4/h5-16H,17-18H2,1-4H3,(H,31,33)(H,32,34). The number of hydrazone groups is 2. The summed E-state index contributed by atoms with van der Waals surface area (Å²) < 4.78 is 31.8. The van der Waals surface area contributed by atoms with E-state index in [0.29, 0.717) is 45.6 Å². The highest BCUT2D eigenvalue weighted by Gasteiger charge is 2.06. The minimum atomic E-state index is -0.469. The van der Waals surface area contributed by atoms with Crippen molar-refractivity contribution < 1.29 is 38.0 Å². The minimum Gasteiger partial charge on any atom is -0.497 e. The summed E-state index contributed by atoms with van der Waals surface area (Å²) in [6.07, 6.45) is 2.92. The van der Waals surface area contributed by atoms with Crippen LogP contribution in [0.4, 0.5) is 0 Å². The quantitative estimate of drug-likeness (QED) is 0.231. The van der Waals surface area contributed by atoms with Crippen molar-refractivity contribution in [1.29, 1.82) is 0 Å². The average molecular weight is 551 g/mol. The third-order valence-electron chi connectivity index (χ3n) is 5.10. The van der Waals surface area contributed by atoms with Gasteiger partial charge < -0.3 is 28.4 Å².